The van der Waals surface area contributed by atoms with E-state index in [1.165, 1.54) is 0 Å². The highest BCUT2D eigenvalue weighted by atomic mass is 35.5. The van der Waals surface area contributed by atoms with E-state index in [4.69, 9.17) is 0 Å². The molecule has 0 saturated heterocycles. The quantitative estimate of drug-likeness (QED) is 0.660. The number of halogens is 1. The van der Waals surface area contributed by atoms with E-state index < -0.39 is 5.60 Å². The number of rotatable bonds is 2. The van der Waals surface area contributed by atoms with E-state index in [1.807, 2.05) is 60.7 Å². The molecule has 0 spiro atoms. The van der Waals surface area contributed by atoms with Gasteiger partial charge in [-0.05, 0) is 5.56 Å². The number of pyridine rings is 1. The van der Waals surface area contributed by atoms with Crippen molar-refractivity contribution in [2.45, 2.75) is 18.1 Å². The van der Waals surface area contributed by atoms with Crippen molar-refractivity contribution in [3.63, 3.8) is 0 Å². The van der Waals surface area contributed by atoms with Gasteiger partial charge in [0.2, 0.25) is 6.04 Å². The molecule has 2 nitrogen and oxygen atoms in total. The van der Waals surface area contributed by atoms with Crippen LogP contribution in [0, 0.1) is 0 Å². The lowest BCUT2D eigenvalue weighted by atomic mass is 9.82. The van der Waals surface area contributed by atoms with E-state index in [2.05, 4.69) is 29.0 Å². The van der Waals surface area contributed by atoms with Gasteiger partial charge in [-0.15, -0.1) is 0 Å². The van der Waals surface area contributed by atoms with Crippen LogP contribution in [0.2, 0.25) is 0 Å². The monoisotopic (exact) mass is 323 g/mol. The molecule has 116 valence electrons. The van der Waals surface area contributed by atoms with Gasteiger partial charge in [0, 0.05) is 17.7 Å². The largest absolute Gasteiger partial charge is 1.00 e. The molecule has 0 fully saturated rings. The van der Waals surface area contributed by atoms with Crippen LogP contribution < -0.4 is 17.0 Å². The van der Waals surface area contributed by atoms with E-state index in [-0.39, 0.29) is 18.4 Å². The van der Waals surface area contributed by atoms with Crippen molar-refractivity contribution >= 4 is 0 Å². The Labute approximate surface area is 142 Å². The van der Waals surface area contributed by atoms with Crippen LogP contribution in [-0.4, -0.2) is 5.11 Å². The Morgan fingerprint density at radius 3 is 2.13 bits per heavy atom. The van der Waals surface area contributed by atoms with E-state index >= 15 is 0 Å². The summed E-state index contributed by atoms with van der Waals surface area (Å²) in [5.41, 5.74) is 2.33. The third-order valence-corrected chi connectivity index (χ3v) is 4.55. The van der Waals surface area contributed by atoms with Crippen molar-refractivity contribution in [2.24, 2.45) is 0 Å². The van der Waals surface area contributed by atoms with Gasteiger partial charge in [0.1, 0.15) is 0 Å². The van der Waals surface area contributed by atoms with Gasteiger partial charge >= 0.3 is 0 Å². The van der Waals surface area contributed by atoms with Gasteiger partial charge in [0.05, 0.1) is 6.42 Å². The number of aromatic nitrogens is 1. The summed E-state index contributed by atoms with van der Waals surface area (Å²) in [6.07, 6.45) is 2.69. The molecule has 0 radical (unpaired) electrons. The molecule has 0 amide bonds. The fourth-order valence-corrected chi connectivity index (χ4v) is 3.55. The maximum atomic E-state index is 11.6. The molecule has 4 rings (SSSR count). The van der Waals surface area contributed by atoms with Crippen LogP contribution in [0.3, 0.4) is 0 Å². The molecule has 2 aromatic carbocycles. The van der Waals surface area contributed by atoms with E-state index in [0.717, 1.165) is 16.8 Å². The van der Waals surface area contributed by atoms with Crippen molar-refractivity contribution in [3.05, 3.63) is 102 Å². The summed E-state index contributed by atoms with van der Waals surface area (Å²) < 4.78 is 2.20. The Bertz CT molecular complexity index is 791. The van der Waals surface area contributed by atoms with Gasteiger partial charge in [-0.3, -0.25) is 0 Å². The second kappa shape index (κ2) is 6.15. The minimum Gasteiger partial charge on any atom is -1.00 e. The zero-order chi connectivity index (χ0) is 15.0. The molecule has 1 aliphatic heterocycles. The SMILES string of the molecule is OC1(c2ccccc2)Cc2cccc[n+]2C1c1ccccc1.[Cl-]. The minimum atomic E-state index is -0.920. The van der Waals surface area contributed by atoms with Crippen LogP contribution in [0.15, 0.2) is 85.1 Å². The molecule has 0 aliphatic carbocycles. The Kier molecular flexibility index (Phi) is 4.20. The lowest BCUT2D eigenvalue weighted by Crippen LogP contribution is -3.00. The smallest absolute Gasteiger partial charge is 0.216 e. The van der Waals surface area contributed by atoms with Gasteiger partial charge in [-0.1, -0.05) is 66.7 Å². The molecule has 3 heteroatoms. The normalized spacial score (nSPS) is 22.2. The van der Waals surface area contributed by atoms with Crippen molar-refractivity contribution in [3.8, 4) is 0 Å². The highest BCUT2D eigenvalue weighted by Gasteiger charge is 2.53. The fraction of sp³-hybridized carbons (Fsp3) is 0.150. The highest BCUT2D eigenvalue weighted by Crippen LogP contribution is 2.41. The van der Waals surface area contributed by atoms with Gasteiger partial charge < -0.3 is 17.5 Å². The third-order valence-electron chi connectivity index (χ3n) is 4.55. The number of nitrogens with zero attached hydrogens (tertiary/aromatic N) is 1. The molecule has 0 bridgehead atoms. The van der Waals surface area contributed by atoms with Crippen LogP contribution in [0.1, 0.15) is 22.9 Å². The molecular formula is C20H18ClNO. The van der Waals surface area contributed by atoms with Crippen molar-refractivity contribution in [2.75, 3.05) is 0 Å². The second-order valence-electron chi connectivity index (χ2n) is 5.88. The number of hydrogen-bond donors (Lipinski definition) is 1. The van der Waals surface area contributed by atoms with Gasteiger partial charge in [0.15, 0.2) is 17.5 Å². The Hall–Kier alpha value is -2.16. The van der Waals surface area contributed by atoms with E-state index in [1.54, 1.807) is 0 Å². The molecule has 0 saturated carbocycles. The van der Waals surface area contributed by atoms with Crippen molar-refractivity contribution in [1.29, 1.82) is 0 Å². The first-order chi connectivity index (χ1) is 10.8. The second-order valence-corrected chi connectivity index (χ2v) is 5.88. The van der Waals surface area contributed by atoms with Crippen LogP contribution in [0.4, 0.5) is 0 Å². The van der Waals surface area contributed by atoms with Crippen molar-refractivity contribution < 1.29 is 22.1 Å². The summed E-state index contributed by atoms with van der Waals surface area (Å²) in [5.74, 6) is 0. The van der Waals surface area contributed by atoms with Crippen LogP contribution in [-0.2, 0) is 12.0 Å². The zero-order valence-electron chi connectivity index (χ0n) is 12.6. The fourth-order valence-electron chi connectivity index (χ4n) is 3.55. The molecule has 2 heterocycles. The van der Waals surface area contributed by atoms with Gasteiger partial charge in [-0.25, -0.2) is 0 Å². The van der Waals surface area contributed by atoms with Gasteiger partial charge in [0.25, 0.3) is 0 Å². The predicted molar refractivity (Wildman–Crippen MR) is 85.3 cm³/mol. The molecule has 23 heavy (non-hydrogen) atoms. The average Bonchev–Trinajstić information content (AvgIpc) is 2.90. The van der Waals surface area contributed by atoms with Crippen LogP contribution >= 0.6 is 0 Å². The summed E-state index contributed by atoms with van der Waals surface area (Å²) in [6.45, 7) is 0. The Morgan fingerprint density at radius 2 is 1.43 bits per heavy atom. The number of benzene rings is 2. The zero-order valence-corrected chi connectivity index (χ0v) is 13.4. The van der Waals surface area contributed by atoms with Crippen molar-refractivity contribution in [1.82, 2.24) is 0 Å². The van der Waals surface area contributed by atoms with Crippen LogP contribution in [0.5, 0.6) is 0 Å². The summed E-state index contributed by atoms with van der Waals surface area (Å²) in [7, 11) is 0. The minimum absolute atomic E-state index is 0. The first-order valence-corrected chi connectivity index (χ1v) is 7.61. The number of aliphatic hydroxyl groups is 1. The Morgan fingerprint density at radius 1 is 0.826 bits per heavy atom. The standard InChI is InChI=1S/C20H18NO.ClH/c22-20(17-11-5-2-6-12-17)15-18-13-7-8-14-21(18)19(20)16-9-3-1-4-10-16;/h1-14,19,22H,15H2;1H/q+1;/p-1. The first-order valence-electron chi connectivity index (χ1n) is 7.61. The highest BCUT2D eigenvalue weighted by molar-refractivity contribution is 5.32. The molecule has 2 unspecified atom stereocenters. The lowest BCUT2D eigenvalue weighted by Gasteiger charge is -2.26. The first kappa shape index (κ1) is 15.7. The summed E-state index contributed by atoms with van der Waals surface area (Å²) in [6, 6.07) is 26.3. The summed E-state index contributed by atoms with van der Waals surface area (Å²) >= 11 is 0. The molecule has 2 atom stereocenters. The summed E-state index contributed by atoms with van der Waals surface area (Å²) in [5, 5.41) is 11.6. The topological polar surface area (TPSA) is 24.1 Å². The predicted octanol–water partition coefficient (Wildman–Crippen LogP) is 0.0114. The molecule has 1 N–H and O–H groups in total. The maximum absolute atomic E-state index is 11.6. The molecule has 3 aromatic rings. The average molecular weight is 324 g/mol. The number of fused-ring (bicyclic) bond motifs is 1. The number of hydrogen-bond acceptors (Lipinski definition) is 1. The maximum Gasteiger partial charge on any atom is 0.216 e. The molecular weight excluding hydrogens is 306 g/mol. The van der Waals surface area contributed by atoms with Crippen LogP contribution in [0.25, 0.3) is 0 Å². The third kappa shape index (κ3) is 2.54. The van der Waals surface area contributed by atoms with E-state index in [9.17, 15) is 5.11 Å². The summed E-state index contributed by atoms with van der Waals surface area (Å²) in [4.78, 5) is 0. The van der Waals surface area contributed by atoms with Gasteiger partial charge in [-0.2, -0.15) is 4.57 Å². The Balaban J connectivity index is 0.00000156. The van der Waals surface area contributed by atoms with E-state index in [0.29, 0.717) is 6.42 Å². The molecule has 1 aliphatic rings. The molecule has 1 aromatic heterocycles. The lowest BCUT2D eigenvalue weighted by molar-refractivity contribution is -0.717.